The highest BCUT2D eigenvalue weighted by Crippen LogP contribution is 2.62. The summed E-state index contributed by atoms with van der Waals surface area (Å²) in [5.41, 5.74) is 16.5. The van der Waals surface area contributed by atoms with E-state index in [0.717, 1.165) is 17.8 Å². The van der Waals surface area contributed by atoms with Gasteiger partial charge in [0.25, 0.3) is 0 Å². The zero-order valence-corrected chi connectivity index (χ0v) is 34.2. The highest BCUT2D eigenvalue weighted by molar-refractivity contribution is 6.25. The fourth-order valence-corrected chi connectivity index (χ4v) is 11.5. The van der Waals surface area contributed by atoms with Crippen molar-refractivity contribution in [2.45, 2.75) is 25.7 Å². The van der Waals surface area contributed by atoms with Crippen LogP contribution < -0.4 is 4.90 Å². The van der Waals surface area contributed by atoms with E-state index in [-0.39, 0.29) is 0 Å². The molecule has 0 radical (unpaired) electrons. The zero-order chi connectivity index (χ0) is 40.4. The van der Waals surface area contributed by atoms with Crippen LogP contribution >= 0.6 is 0 Å². The van der Waals surface area contributed by atoms with Gasteiger partial charge in [-0.25, -0.2) is 0 Å². The largest absolute Gasteiger partial charge is 0.309 e. The van der Waals surface area contributed by atoms with Crippen molar-refractivity contribution in [1.82, 2.24) is 0 Å². The number of rotatable bonds is 4. The Balaban J connectivity index is 1.11. The first-order valence-corrected chi connectivity index (χ1v) is 21.6. The van der Waals surface area contributed by atoms with Crippen molar-refractivity contribution >= 4 is 70.9 Å². The fourth-order valence-electron chi connectivity index (χ4n) is 11.5. The fraction of sp³-hybridized carbons (Fsp3) is 0.0667. The van der Waals surface area contributed by atoms with Gasteiger partial charge >= 0.3 is 0 Å². The van der Waals surface area contributed by atoms with Gasteiger partial charge in [-0.15, -0.1) is 0 Å². The zero-order valence-electron chi connectivity index (χ0n) is 34.2. The Hall–Kier alpha value is -7.48. The lowest BCUT2D eigenvalue weighted by molar-refractivity contribution is 0.734. The number of hydrogen-bond acceptors (Lipinski definition) is 1. The number of anilines is 3. The van der Waals surface area contributed by atoms with E-state index in [2.05, 4.69) is 219 Å². The van der Waals surface area contributed by atoms with Crippen LogP contribution in [0.1, 0.15) is 44.5 Å². The Kier molecular flexibility index (Phi) is 7.19. The van der Waals surface area contributed by atoms with Gasteiger partial charge in [0.15, 0.2) is 0 Å². The van der Waals surface area contributed by atoms with Crippen LogP contribution in [0.15, 0.2) is 200 Å². The van der Waals surface area contributed by atoms with Gasteiger partial charge in [0.2, 0.25) is 0 Å². The summed E-state index contributed by atoms with van der Waals surface area (Å²) >= 11 is 0. The molecule has 0 amide bonds. The monoisotopic (exact) mass is 775 g/mol. The maximum Gasteiger partial charge on any atom is 0.0725 e. The summed E-state index contributed by atoms with van der Waals surface area (Å²) in [6, 6.07) is 75.9. The van der Waals surface area contributed by atoms with Crippen LogP contribution in [0, 0.1) is 13.8 Å². The van der Waals surface area contributed by atoms with Gasteiger partial charge in [0, 0.05) is 22.1 Å². The van der Waals surface area contributed by atoms with Crippen LogP contribution in [0.2, 0.25) is 0 Å². The third-order valence-corrected chi connectivity index (χ3v) is 14.0. The summed E-state index contributed by atoms with van der Waals surface area (Å²) < 4.78 is 0. The minimum Gasteiger partial charge on any atom is -0.309 e. The lowest BCUT2D eigenvalue weighted by atomic mass is 9.53. The maximum absolute atomic E-state index is 2.48. The van der Waals surface area contributed by atoms with Crippen LogP contribution in [0.4, 0.5) is 17.1 Å². The number of hydrogen-bond donors (Lipinski definition) is 0. The molecule has 0 aliphatic heterocycles. The van der Waals surface area contributed by atoms with Crippen molar-refractivity contribution in [3.8, 4) is 11.1 Å². The molecule has 1 nitrogen and oxygen atoms in total. The molecule has 11 aromatic carbocycles. The normalized spacial score (nSPS) is 13.5. The van der Waals surface area contributed by atoms with E-state index in [1.165, 1.54) is 115 Å². The summed E-state index contributed by atoms with van der Waals surface area (Å²) in [7, 11) is 0. The molecule has 286 valence electrons. The molecule has 1 heteroatoms. The Morgan fingerprint density at radius 3 is 1.31 bits per heavy atom. The van der Waals surface area contributed by atoms with E-state index in [9.17, 15) is 0 Å². The molecule has 0 fully saturated rings. The first-order chi connectivity index (χ1) is 30.1. The number of benzene rings is 11. The molecule has 0 bridgehead atoms. The van der Waals surface area contributed by atoms with Gasteiger partial charge in [-0.1, -0.05) is 187 Å². The Bertz CT molecular complexity index is 3420. The molecule has 0 N–H and O–H groups in total. The molecule has 0 heterocycles. The molecular formula is C60H41N. The molecule has 0 atom stereocenters. The summed E-state index contributed by atoms with van der Waals surface area (Å²) in [6.07, 6.45) is 0.913. The molecule has 2 aliphatic carbocycles. The molecule has 0 aromatic heterocycles. The highest BCUT2D eigenvalue weighted by Gasteiger charge is 2.50. The second kappa shape index (κ2) is 12.8. The van der Waals surface area contributed by atoms with Gasteiger partial charge in [-0.2, -0.15) is 0 Å². The quantitative estimate of drug-likeness (QED) is 0.161. The number of fused-ring (bicyclic) bond motifs is 6. The molecule has 13 rings (SSSR count). The van der Waals surface area contributed by atoms with Crippen molar-refractivity contribution < 1.29 is 0 Å². The lowest BCUT2D eigenvalue weighted by Gasteiger charge is -2.47. The predicted octanol–water partition coefficient (Wildman–Crippen LogP) is 15.8. The maximum atomic E-state index is 2.48. The molecule has 61 heavy (non-hydrogen) atoms. The topological polar surface area (TPSA) is 3.24 Å². The van der Waals surface area contributed by atoms with Crippen LogP contribution in [0.25, 0.3) is 65.0 Å². The second-order valence-electron chi connectivity index (χ2n) is 17.3. The molecular weight excluding hydrogens is 735 g/mol. The van der Waals surface area contributed by atoms with Crippen LogP contribution in [0.3, 0.4) is 0 Å². The van der Waals surface area contributed by atoms with E-state index in [1.54, 1.807) is 0 Å². The van der Waals surface area contributed by atoms with E-state index < -0.39 is 5.41 Å². The predicted molar refractivity (Wildman–Crippen MR) is 258 cm³/mol. The van der Waals surface area contributed by atoms with Gasteiger partial charge in [-0.05, 0) is 132 Å². The van der Waals surface area contributed by atoms with E-state index in [1.807, 2.05) is 0 Å². The molecule has 0 saturated heterocycles. The third-order valence-electron chi connectivity index (χ3n) is 14.0. The van der Waals surface area contributed by atoms with E-state index in [0.29, 0.717) is 0 Å². The van der Waals surface area contributed by atoms with Crippen molar-refractivity contribution in [3.05, 3.63) is 245 Å². The average molecular weight is 776 g/mol. The first kappa shape index (κ1) is 34.4. The Morgan fingerprint density at radius 2 is 0.787 bits per heavy atom. The Labute approximate surface area is 355 Å². The van der Waals surface area contributed by atoms with Crippen molar-refractivity contribution in [2.75, 3.05) is 4.90 Å². The van der Waals surface area contributed by atoms with Gasteiger partial charge in [-0.3, -0.25) is 0 Å². The lowest BCUT2D eigenvalue weighted by Crippen LogP contribution is -2.39. The highest BCUT2D eigenvalue weighted by atomic mass is 15.1. The molecule has 2 aliphatic rings. The molecule has 0 saturated carbocycles. The Morgan fingerprint density at radius 1 is 0.361 bits per heavy atom. The van der Waals surface area contributed by atoms with Crippen LogP contribution in [0.5, 0.6) is 0 Å². The molecule has 0 unspecified atom stereocenters. The van der Waals surface area contributed by atoms with Crippen LogP contribution in [-0.4, -0.2) is 0 Å². The van der Waals surface area contributed by atoms with Crippen LogP contribution in [-0.2, 0) is 11.8 Å². The minimum atomic E-state index is -0.421. The third kappa shape index (κ3) is 4.66. The summed E-state index contributed by atoms with van der Waals surface area (Å²) in [4.78, 5) is 2.46. The van der Waals surface area contributed by atoms with Gasteiger partial charge in [0.05, 0.1) is 11.1 Å². The molecule has 11 aromatic rings. The average Bonchev–Trinajstić information content (AvgIpc) is 3.29. The number of nitrogens with zero attached hydrogens (tertiary/aromatic N) is 1. The van der Waals surface area contributed by atoms with E-state index >= 15 is 0 Å². The van der Waals surface area contributed by atoms with Gasteiger partial charge < -0.3 is 4.90 Å². The molecule has 1 spiro atoms. The van der Waals surface area contributed by atoms with Crippen molar-refractivity contribution in [2.24, 2.45) is 0 Å². The van der Waals surface area contributed by atoms with Gasteiger partial charge in [0.1, 0.15) is 0 Å². The smallest absolute Gasteiger partial charge is 0.0725 e. The van der Waals surface area contributed by atoms with Crippen molar-refractivity contribution in [3.63, 3.8) is 0 Å². The minimum absolute atomic E-state index is 0.421. The van der Waals surface area contributed by atoms with Crippen molar-refractivity contribution in [1.29, 1.82) is 0 Å². The first-order valence-electron chi connectivity index (χ1n) is 21.6. The second-order valence-corrected chi connectivity index (χ2v) is 17.3. The number of aryl methyl sites for hydroxylation is 2. The standard InChI is InChI=1S/C60H41N/c1-37-26-30-43(31-27-37)61(44-32-28-38(2)29-33-44)59-49-20-5-3-18-46(49)57(47-19-4-6-21-50(47)59)48-34-35-54-58-45(48)22-11-25-53(58)60(54)51-23-9-14-39-12-7-16-41(55(39)51)36-42-17-8-13-40-15-10-24-52(60)56(40)42/h3-35H,36H2,1-2H3. The SMILES string of the molecule is Cc1ccc(N(c2ccc(C)cc2)c2c3ccccc3c(-c3ccc4c5c(cccc35)C43c4cccc5cccc(c45)Cc4cccc5cccc3c45)c3ccccc23)cc1. The van der Waals surface area contributed by atoms with E-state index in [4.69, 9.17) is 0 Å². The summed E-state index contributed by atoms with van der Waals surface area (Å²) in [6.45, 7) is 4.32. The summed E-state index contributed by atoms with van der Waals surface area (Å²) in [5, 5.41) is 13.0. The summed E-state index contributed by atoms with van der Waals surface area (Å²) in [5.74, 6) is 0.